The second kappa shape index (κ2) is 4.39. The normalized spacial score (nSPS) is 13.0. The fraction of sp³-hybridized carbons (Fsp3) is 0.400. The largest absolute Gasteiger partial charge is 0.465 e. The van der Waals surface area contributed by atoms with Gasteiger partial charge in [-0.25, -0.2) is 4.98 Å². The Labute approximate surface area is 90.5 Å². The third-order valence-electron chi connectivity index (χ3n) is 1.82. The van der Waals surface area contributed by atoms with Crippen molar-refractivity contribution < 1.29 is 17.9 Å². The molecule has 86 valence electrons. The molecule has 0 saturated carbocycles. The lowest BCUT2D eigenvalue weighted by Gasteiger charge is -2.17. The Balaban J connectivity index is 2.90. The van der Waals surface area contributed by atoms with E-state index in [4.69, 9.17) is 5.26 Å². The first-order valence-electron chi connectivity index (χ1n) is 4.45. The molecule has 1 aromatic heterocycles. The minimum atomic E-state index is -4.45. The first-order chi connectivity index (χ1) is 7.32. The van der Waals surface area contributed by atoms with E-state index in [1.54, 1.807) is 6.92 Å². The summed E-state index contributed by atoms with van der Waals surface area (Å²) in [5.41, 5.74) is 0.653. The molecule has 0 N–H and O–H groups in total. The van der Waals surface area contributed by atoms with Crippen molar-refractivity contribution >= 4 is 0 Å². The van der Waals surface area contributed by atoms with E-state index < -0.39 is 12.3 Å². The van der Waals surface area contributed by atoms with Crippen LogP contribution in [0, 0.1) is 18.3 Å². The van der Waals surface area contributed by atoms with Crippen LogP contribution >= 0.6 is 0 Å². The summed E-state index contributed by atoms with van der Waals surface area (Å²) < 4.78 is 41.2. The molecule has 0 aliphatic carbocycles. The average molecular weight is 230 g/mol. The van der Waals surface area contributed by atoms with Crippen molar-refractivity contribution in [1.29, 1.82) is 5.26 Å². The molecule has 0 aromatic carbocycles. The molecule has 1 aromatic rings. The van der Waals surface area contributed by atoms with Crippen molar-refractivity contribution in [2.45, 2.75) is 26.1 Å². The molecular formula is C10H9F3N2O. The van der Waals surface area contributed by atoms with Gasteiger partial charge in [-0.15, -0.1) is 0 Å². The first-order valence-corrected chi connectivity index (χ1v) is 4.45. The van der Waals surface area contributed by atoms with E-state index >= 15 is 0 Å². The van der Waals surface area contributed by atoms with Gasteiger partial charge in [0.25, 0.3) is 0 Å². The standard InChI is InChI=1S/C10H9F3N2O/c1-6-3-8(5-14)4-9(15-6)16-7(2)10(11,12)13/h3-4,7H,1-2H3. The van der Waals surface area contributed by atoms with Crippen molar-refractivity contribution in [3.63, 3.8) is 0 Å². The van der Waals surface area contributed by atoms with Gasteiger partial charge in [-0.3, -0.25) is 0 Å². The number of nitrogens with zero attached hydrogens (tertiary/aromatic N) is 2. The Hall–Kier alpha value is -1.77. The molecule has 3 nitrogen and oxygen atoms in total. The van der Waals surface area contributed by atoms with E-state index in [0.29, 0.717) is 5.69 Å². The second-order valence-corrected chi connectivity index (χ2v) is 3.25. The summed E-state index contributed by atoms with van der Waals surface area (Å²) >= 11 is 0. The van der Waals surface area contributed by atoms with Gasteiger partial charge in [0.05, 0.1) is 11.6 Å². The summed E-state index contributed by atoms with van der Waals surface area (Å²) in [6.07, 6.45) is -6.40. The van der Waals surface area contributed by atoms with Crippen LogP contribution < -0.4 is 4.74 Å². The van der Waals surface area contributed by atoms with Crippen LogP contribution in [0.2, 0.25) is 0 Å². The van der Waals surface area contributed by atoms with Gasteiger partial charge >= 0.3 is 6.18 Å². The highest BCUT2D eigenvalue weighted by atomic mass is 19.4. The highest BCUT2D eigenvalue weighted by Crippen LogP contribution is 2.24. The summed E-state index contributed by atoms with van der Waals surface area (Å²) in [5, 5.41) is 8.62. The molecule has 0 aliphatic rings. The molecule has 6 heteroatoms. The van der Waals surface area contributed by atoms with Gasteiger partial charge in [-0.05, 0) is 19.9 Å². The molecule has 16 heavy (non-hydrogen) atoms. The molecule has 1 unspecified atom stereocenters. The van der Waals surface area contributed by atoms with Crippen LogP contribution in [0.3, 0.4) is 0 Å². The smallest absolute Gasteiger partial charge is 0.425 e. The van der Waals surface area contributed by atoms with Gasteiger partial charge in [0.15, 0.2) is 6.10 Å². The molecular weight excluding hydrogens is 221 g/mol. The number of aromatic nitrogens is 1. The monoisotopic (exact) mass is 230 g/mol. The third-order valence-corrected chi connectivity index (χ3v) is 1.82. The van der Waals surface area contributed by atoms with Crippen molar-refractivity contribution in [3.8, 4) is 11.9 Å². The predicted molar refractivity (Wildman–Crippen MR) is 49.8 cm³/mol. The molecule has 1 heterocycles. The van der Waals surface area contributed by atoms with E-state index in [9.17, 15) is 13.2 Å². The second-order valence-electron chi connectivity index (χ2n) is 3.25. The van der Waals surface area contributed by atoms with Crippen molar-refractivity contribution in [3.05, 3.63) is 23.4 Å². The molecule has 0 spiro atoms. The third kappa shape index (κ3) is 3.12. The molecule has 0 fully saturated rings. The minimum Gasteiger partial charge on any atom is -0.465 e. The number of nitriles is 1. The number of aryl methyl sites for hydroxylation is 1. The maximum atomic E-state index is 12.2. The van der Waals surface area contributed by atoms with Crippen molar-refractivity contribution in [1.82, 2.24) is 4.98 Å². The van der Waals surface area contributed by atoms with E-state index in [2.05, 4.69) is 9.72 Å². The number of ether oxygens (including phenoxy) is 1. The van der Waals surface area contributed by atoms with Crippen LogP contribution in [0.15, 0.2) is 12.1 Å². The maximum Gasteiger partial charge on any atom is 0.425 e. The van der Waals surface area contributed by atoms with E-state index in [0.717, 1.165) is 6.92 Å². The lowest BCUT2D eigenvalue weighted by Crippen LogP contribution is -2.31. The topological polar surface area (TPSA) is 45.9 Å². The molecule has 0 radical (unpaired) electrons. The number of rotatable bonds is 2. The quantitative estimate of drug-likeness (QED) is 0.784. The minimum absolute atomic E-state index is 0.193. The van der Waals surface area contributed by atoms with E-state index in [1.807, 2.05) is 6.07 Å². The highest BCUT2D eigenvalue weighted by Gasteiger charge is 2.38. The molecule has 0 saturated heterocycles. The van der Waals surface area contributed by atoms with Gasteiger partial charge in [-0.2, -0.15) is 18.4 Å². The molecule has 0 bridgehead atoms. The van der Waals surface area contributed by atoms with Crippen molar-refractivity contribution in [2.24, 2.45) is 0 Å². The van der Waals surface area contributed by atoms with Gasteiger partial charge in [-0.1, -0.05) is 0 Å². The maximum absolute atomic E-state index is 12.2. The van der Waals surface area contributed by atoms with Crippen LogP contribution in [0.5, 0.6) is 5.88 Å². The zero-order valence-corrected chi connectivity index (χ0v) is 8.67. The molecule has 0 amide bonds. The fourth-order valence-electron chi connectivity index (χ4n) is 1.01. The summed E-state index contributed by atoms with van der Waals surface area (Å²) in [6, 6.07) is 4.46. The SMILES string of the molecule is Cc1cc(C#N)cc(OC(C)C(F)(F)F)n1. The van der Waals surface area contributed by atoms with Gasteiger partial charge < -0.3 is 4.74 Å². The lowest BCUT2D eigenvalue weighted by atomic mass is 10.2. The average Bonchev–Trinajstić information content (AvgIpc) is 2.15. The van der Waals surface area contributed by atoms with E-state index in [-0.39, 0.29) is 11.4 Å². The van der Waals surface area contributed by atoms with Gasteiger partial charge in [0.1, 0.15) is 0 Å². The Morgan fingerprint density at radius 2 is 2.06 bits per heavy atom. The Morgan fingerprint density at radius 1 is 1.44 bits per heavy atom. The summed E-state index contributed by atoms with van der Waals surface area (Å²) in [5.74, 6) is -0.193. The predicted octanol–water partition coefficient (Wildman–Crippen LogP) is 2.59. The fourth-order valence-corrected chi connectivity index (χ4v) is 1.01. The Kier molecular flexibility index (Phi) is 3.38. The Bertz CT molecular complexity index is 423. The van der Waals surface area contributed by atoms with Crippen molar-refractivity contribution in [2.75, 3.05) is 0 Å². The number of alkyl halides is 3. The van der Waals surface area contributed by atoms with Crippen LogP contribution in [-0.2, 0) is 0 Å². The van der Waals surface area contributed by atoms with Gasteiger partial charge in [0, 0.05) is 11.8 Å². The zero-order valence-electron chi connectivity index (χ0n) is 8.67. The van der Waals surface area contributed by atoms with Crippen LogP contribution in [0.4, 0.5) is 13.2 Å². The van der Waals surface area contributed by atoms with Gasteiger partial charge in [0.2, 0.25) is 5.88 Å². The summed E-state index contributed by atoms with van der Waals surface area (Å²) in [4.78, 5) is 3.76. The molecule has 1 rings (SSSR count). The number of hydrogen-bond donors (Lipinski definition) is 0. The Morgan fingerprint density at radius 3 is 2.56 bits per heavy atom. The summed E-state index contributed by atoms with van der Waals surface area (Å²) in [7, 11) is 0. The van der Waals surface area contributed by atoms with Crippen LogP contribution in [0.1, 0.15) is 18.2 Å². The summed E-state index contributed by atoms with van der Waals surface area (Å²) in [6.45, 7) is 2.46. The number of hydrogen-bond acceptors (Lipinski definition) is 3. The zero-order chi connectivity index (χ0) is 12.3. The van der Waals surface area contributed by atoms with Crippen LogP contribution in [0.25, 0.3) is 0 Å². The van der Waals surface area contributed by atoms with E-state index in [1.165, 1.54) is 12.1 Å². The first kappa shape index (κ1) is 12.3. The molecule has 1 atom stereocenters. The van der Waals surface area contributed by atoms with Crippen LogP contribution in [-0.4, -0.2) is 17.3 Å². The number of pyridine rings is 1. The number of halogens is 3. The molecule has 0 aliphatic heterocycles. The lowest BCUT2D eigenvalue weighted by molar-refractivity contribution is -0.190. The highest BCUT2D eigenvalue weighted by molar-refractivity contribution is 5.34.